The highest BCUT2D eigenvalue weighted by molar-refractivity contribution is 5.94. The van der Waals surface area contributed by atoms with Gasteiger partial charge in [-0.05, 0) is 86.0 Å². The Bertz CT molecular complexity index is 600. The molecular formula is C19H22F3NO. The summed E-state index contributed by atoms with van der Waals surface area (Å²) in [5.41, 5.74) is -0.191. The minimum atomic E-state index is -4.37. The van der Waals surface area contributed by atoms with Crippen LogP contribution >= 0.6 is 0 Å². The minimum Gasteiger partial charge on any atom is -0.351 e. The molecule has 0 spiro atoms. The lowest BCUT2D eigenvalue weighted by Gasteiger charge is -2.56. The molecule has 1 aromatic carbocycles. The number of halogens is 3. The smallest absolute Gasteiger partial charge is 0.351 e. The second kappa shape index (κ2) is 5.50. The summed E-state index contributed by atoms with van der Waals surface area (Å²) in [6.07, 6.45) is 3.30. The van der Waals surface area contributed by atoms with Crippen LogP contribution < -0.4 is 5.32 Å². The molecule has 5 rings (SSSR count). The summed E-state index contributed by atoms with van der Waals surface area (Å²) in [7, 11) is 0. The van der Waals surface area contributed by atoms with Crippen molar-refractivity contribution in [3.8, 4) is 0 Å². The molecule has 4 saturated carbocycles. The van der Waals surface area contributed by atoms with Gasteiger partial charge in [-0.2, -0.15) is 13.2 Å². The molecule has 0 aliphatic heterocycles. The maximum atomic E-state index is 12.6. The van der Waals surface area contributed by atoms with E-state index in [1.165, 1.54) is 50.7 Å². The van der Waals surface area contributed by atoms with E-state index in [1.807, 2.05) is 0 Å². The number of nitrogens with one attached hydrogen (secondary N) is 1. The Morgan fingerprint density at radius 1 is 1.00 bits per heavy atom. The zero-order valence-corrected chi connectivity index (χ0v) is 13.5. The van der Waals surface area contributed by atoms with Gasteiger partial charge in [0.1, 0.15) is 0 Å². The molecule has 24 heavy (non-hydrogen) atoms. The van der Waals surface area contributed by atoms with Crippen molar-refractivity contribution in [1.82, 2.24) is 5.32 Å². The molecule has 5 heteroatoms. The summed E-state index contributed by atoms with van der Waals surface area (Å²) in [5, 5.41) is 2.99. The third-order valence-electron chi connectivity index (χ3n) is 6.26. The molecule has 1 N–H and O–H groups in total. The normalized spacial score (nSPS) is 34.4. The Morgan fingerprint density at radius 3 is 1.96 bits per heavy atom. The summed E-state index contributed by atoms with van der Waals surface area (Å²) in [6.45, 7) is 0.663. The number of carbonyl (C=O) groups excluding carboxylic acids is 1. The molecule has 0 unspecified atom stereocenters. The molecule has 0 atom stereocenters. The predicted molar refractivity (Wildman–Crippen MR) is 84.4 cm³/mol. The largest absolute Gasteiger partial charge is 0.416 e. The van der Waals surface area contributed by atoms with Gasteiger partial charge in [0.25, 0.3) is 5.91 Å². The van der Waals surface area contributed by atoms with Crippen LogP contribution in [0.2, 0.25) is 0 Å². The van der Waals surface area contributed by atoms with Gasteiger partial charge in [0.05, 0.1) is 5.56 Å². The first-order valence-electron chi connectivity index (χ1n) is 8.78. The lowest BCUT2D eigenvalue weighted by molar-refractivity contribution is -0.137. The fraction of sp³-hybridized carbons (Fsp3) is 0.632. The molecule has 4 aliphatic carbocycles. The van der Waals surface area contributed by atoms with Crippen molar-refractivity contribution in [2.24, 2.45) is 23.2 Å². The zero-order valence-electron chi connectivity index (χ0n) is 13.5. The summed E-state index contributed by atoms with van der Waals surface area (Å²) in [4.78, 5) is 12.3. The van der Waals surface area contributed by atoms with E-state index >= 15 is 0 Å². The van der Waals surface area contributed by atoms with Gasteiger partial charge >= 0.3 is 6.18 Å². The van der Waals surface area contributed by atoms with E-state index in [0.717, 1.165) is 29.9 Å². The quantitative estimate of drug-likeness (QED) is 0.854. The maximum Gasteiger partial charge on any atom is 0.416 e. The lowest BCUT2D eigenvalue weighted by atomic mass is 9.49. The van der Waals surface area contributed by atoms with Gasteiger partial charge in [-0.15, -0.1) is 0 Å². The highest BCUT2D eigenvalue weighted by atomic mass is 19.4. The first kappa shape index (κ1) is 16.0. The third-order valence-corrected chi connectivity index (χ3v) is 6.26. The van der Waals surface area contributed by atoms with Crippen molar-refractivity contribution in [3.05, 3.63) is 35.4 Å². The van der Waals surface area contributed by atoms with Crippen LogP contribution in [0.5, 0.6) is 0 Å². The van der Waals surface area contributed by atoms with Crippen molar-refractivity contribution < 1.29 is 18.0 Å². The van der Waals surface area contributed by atoms with Crippen LogP contribution in [0.15, 0.2) is 24.3 Å². The molecule has 4 fully saturated rings. The van der Waals surface area contributed by atoms with Crippen molar-refractivity contribution in [2.45, 2.75) is 44.7 Å². The Kier molecular flexibility index (Phi) is 3.66. The average Bonchev–Trinajstić information content (AvgIpc) is 2.51. The topological polar surface area (TPSA) is 29.1 Å². The highest BCUT2D eigenvalue weighted by Gasteiger charge is 2.50. The summed E-state index contributed by atoms with van der Waals surface area (Å²) >= 11 is 0. The molecule has 0 heterocycles. The molecule has 1 amide bonds. The van der Waals surface area contributed by atoms with E-state index in [-0.39, 0.29) is 11.3 Å². The third kappa shape index (κ3) is 2.93. The van der Waals surface area contributed by atoms with Crippen molar-refractivity contribution in [1.29, 1.82) is 0 Å². The second-order valence-corrected chi connectivity index (χ2v) is 8.18. The zero-order chi connectivity index (χ0) is 16.9. The van der Waals surface area contributed by atoms with Crippen molar-refractivity contribution in [2.75, 3.05) is 6.54 Å². The molecule has 0 aromatic heterocycles. The molecule has 4 bridgehead atoms. The molecule has 4 aliphatic rings. The lowest BCUT2D eigenvalue weighted by Crippen LogP contribution is -2.51. The van der Waals surface area contributed by atoms with Gasteiger partial charge in [0, 0.05) is 12.1 Å². The van der Waals surface area contributed by atoms with Gasteiger partial charge < -0.3 is 5.32 Å². The molecule has 1 aromatic rings. The van der Waals surface area contributed by atoms with E-state index in [2.05, 4.69) is 5.32 Å². The number of alkyl halides is 3. The van der Waals surface area contributed by atoms with Crippen molar-refractivity contribution >= 4 is 5.91 Å². The van der Waals surface area contributed by atoms with Crippen LogP contribution in [0.1, 0.15) is 54.4 Å². The number of hydrogen-bond donors (Lipinski definition) is 1. The standard InChI is InChI=1S/C19H22F3NO/c20-19(21,22)16-3-1-15(2-4-16)17(24)23-11-18-8-12-5-13(9-18)7-14(6-12)10-18/h1-4,12-14H,5-11H2,(H,23,24). The molecule has 130 valence electrons. The Labute approximate surface area is 139 Å². The van der Waals surface area contributed by atoms with Crippen LogP contribution in [0.3, 0.4) is 0 Å². The van der Waals surface area contributed by atoms with E-state index in [1.54, 1.807) is 0 Å². The highest BCUT2D eigenvalue weighted by Crippen LogP contribution is 2.59. The van der Waals surface area contributed by atoms with Crippen LogP contribution in [-0.2, 0) is 6.18 Å². The Balaban J connectivity index is 1.40. The van der Waals surface area contributed by atoms with Crippen molar-refractivity contribution in [3.63, 3.8) is 0 Å². The fourth-order valence-corrected chi connectivity index (χ4v) is 5.69. The fourth-order valence-electron chi connectivity index (χ4n) is 5.69. The monoisotopic (exact) mass is 337 g/mol. The van der Waals surface area contributed by atoms with Crippen LogP contribution in [0.25, 0.3) is 0 Å². The molecular weight excluding hydrogens is 315 g/mol. The maximum absolute atomic E-state index is 12.6. The Morgan fingerprint density at radius 2 is 1.50 bits per heavy atom. The van der Waals surface area contributed by atoms with Gasteiger partial charge in [0.2, 0.25) is 0 Å². The Hall–Kier alpha value is -1.52. The van der Waals surface area contributed by atoms with E-state index in [4.69, 9.17) is 0 Å². The number of hydrogen-bond acceptors (Lipinski definition) is 1. The van der Waals surface area contributed by atoms with Crippen LogP contribution in [0.4, 0.5) is 13.2 Å². The molecule has 0 radical (unpaired) electrons. The summed E-state index contributed by atoms with van der Waals surface area (Å²) < 4.78 is 37.8. The summed E-state index contributed by atoms with van der Waals surface area (Å²) in [6, 6.07) is 4.47. The molecule has 2 nitrogen and oxygen atoms in total. The van der Waals surface area contributed by atoms with Gasteiger partial charge in [-0.1, -0.05) is 0 Å². The average molecular weight is 337 g/mol. The first-order chi connectivity index (χ1) is 11.3. The van der Waals surface area contributed by atoms with Crippen LogP contribution in [-0.4, -0.2) is 12.5 Å². The van der Waals surface area contributed by atoms with Gasteiger partial charge in [-0.3, -0.25) is 4.79 Å². The van der Waals surface area contributed by atoms with Gasteiger partial charge in [0.15, 0.2) is 0 Å². The van der Waals surface area contributed by atoms with Gasteiger partial charge in [-0.25, -0.2) is 0 Å². The van der Waals surface area contributed by atoms with E-state index < -0.39 is 11.7 Å². The number of amides is 1. The number of carbonyl (C=O) groups is 1. The number of rotatable bonds is 3. The second-order valence-electron chi connectivity index (χ2n) is 8.18. The number of benzene rings is 1. The SMILES string of the molecule is O=C(NCC12CC3CC(CC(C3)C1)C2)c1ccc(C(F)(F)F)cc1. The predicted octanol–water partition coefficient (Wildman–Crippen LogP) is 4.65. The minimum absolute atomic E-state index is 0.232. The van der Waals surface area contributed by atoms with Crippen LogP contribution in [0, 0.1) is 23.2 Å². The van der Waals surface area contributed by atoms with E-state index in [9.17, 15) is 18.0 Å². The first-order valence-corrected chi connectivity index (χ1v) is 8.78. The molecule has 0 saturated heterocycles. The van der Waals surface area contributed by atoms with E-state index in [0.29, 0.717) is 12.1 Å². The summed E-state index contributed by atoms with van der Waals surface area (Å²) in [5.74, 6) is 2.19.